The topological polar surface area (TPSA) is 87.3 Å². The van der Waals surface area contributed by atoms with E-state index in [0.29, 0.717) is 16.9 Å². The van der Waals surface area contributed by atoms with Crippen LogP contribution in [-0.2, 0) is 9.59 Å². The van der Waals surface area contributed by atoms with E-state index >= 15 is 0 Å². The Morgan fingerprint density at radius 3 is 2.00 bits per heavy atom. The molecule has 130 valence electrons. The second kappa shape index (κ2) is 8.98. The lowest BCUT2D eigenvalue weighted by atomic mass is 10.2. The number of benzene rings is 2. The first kappa shape index (κ1) is 18.7. The highest BCUT2D eigenvalue weighted by Gasteiger charge is 2.07. The van der Waals surface area contributed by atoms with Crippen molar-refractivity contribution in [3.63, 3.8) is 0 Å². The van der Waals surface area contributed by atoms with E-state index in [4.69, 9.17) is 0 Å². The molecule has 0 saturated carbocycles. The molecule has 0 saturated heterocycles. The number of carbonyl (C=O) groups excluding carboxylic acids is 3. The predicted octanol–water partition coefficient (Wildman–Crippen LogP) is 3.17. The molecule has 0 radical (unpaired) electrons. The summed E-state index contributed by atoms with van der Waals surface area (Å²) in [6, 6.07) is 13.8. The van der Waals surface area contributed by atoms with Crippen molar-refractivity contribution < 1.29 is 14.4 Å². The van der Waals surface area contributed by atoms with E-state index in [1.165, 1.54) is 6.92 Å². The Morgan fingerprint density at radius 1 is 0.880 bits per heavy atom. The Bertz CT molecular complexity index is 758. The summed E-state index contributed by atoms with van der Waals surface area (Å²) >= 11 is 3.31. The van der Waals surface area contributed by atoms with Crippen LogP contribution in [0.1, 0.15) is 23.7 Å². The summed E-state index contributed by atoms with van der Waals surface area (Å²) in [5.74, 6) is -0.582. The van der Waals surface area contributed by atoms with E-state index in [-0.39, 0.29) is 30.7 Å². The average molecular weight is 404 g/mol. The average Bonchev–Trinajstić information content (AvgIpc) is 2.56. The summed E-state index contributed by atoms with van der Waals surface area (Å²) in [5.41, 5.74) is 1.82. The molecular weight excluding hydrogens is 386 g/mol. The summed E-state index contributed by atoms with van der Waals surface area (Å²) in [6.45, 7) is 1.67. The fraction of sp³-hybridized carbons (Fsp3) is 0.167. The van der Waals surface area contributed by atoms with Crippen molar-refractivity contribution in [2.75, 3.05) is 17.2 Å². The molecule has 2 aromatic rings. The molecule has 2 rings (SSSR count). The number of hydrogen-bond donors (Lipinski definition) is 3. The van der Waals surface area contributed by atoms with Gasteiger partial charge >= 0.3 is 0 Å². The molecule has 0 spiro atoms. The van der Waals surface area contributed by atoms with Crippen LogP contribution in [0.2, 0.25) is 0 Å². The Balaban J connectivity index is 1.75. The Kier molecular flexibility index (Phi) is 6.71. The first-order valence-electron chi connectivity index (χ1n) is 7.65. The number of halogens is 1. The van der Waals surface area contributed by atoms with Gasteiger partial charge < -0.3 is 16.0 Å². The van der Waals surface area contributed by atoms with Crippen LogP contribution in [0.25, 0.3) is 0 Å². The van der Waals surface area contributed by atoms with Gasteiger partial charge in [-0.15, -0.1) is 0 Å². The maximum atomic E-state index is 11.9. The lowest BCUT2D eigenvalue weighted by molar-refractivity contribution is -0.116. The number of nitrogens with one attached hydrogen (secondary N) is 3. The van der Waals surface area contributed by atoms with Crippen molar-refractivity contribution in [3.05, 3.63) is 58.6 Å². The minimum absolute atomic E-state index is 0.154. The largest absolute Gasteiger partial charge is 0.352 e. The fourth-order valence-corrected chi connectivity index (χ4v) is 2.32. The van der Waals surface area contributed by atoms with Gasteiger partial charge in [0.1, 0.15) is 0 Å². The van der Waals surface area contributed by atoms with Gasteiger partial charge in [0.15, 0.2) is 0 Å². The molecule has 3 amide bonds. The summed E-state index contributed by atoms with van der Waals surface area (Å²) in [5, 5.41) is 8.09. The van der Waals surface area contributed by atoms with Crippen LogP contribution in [0.5, 0.6) is 0 Å². The zero-order chi connectivity index (χ0) is 18.2. The monoisotopic (exact) mass is 403 g/mol. The van der Waals surface area contributed by atoms with Gasteiger partial charge in [0.25, 0.3) is 5.91 Å². The van der Waals surface area contributed by atoms with Crippen molar-refractivity contribution in [1.29, 1.82) is 0 Å². The Labute approximate surface area is 154 Å². The lowest BCUT2D eigenvalue weighted by Crippen LogP contribution is -2.27. The van der Waals surface area contributed by atoms with E-state index in [2.05, 4.69) is 31.9 Å². The van der Waals surface area contributed by atoms with Crippen LogP contribution < -0.4 is 16.0 Å². The van der Waals surface area contributed by atoms with Crippen LogP contribution in [0.3, 0.4) is 0 Å². The second-order valence-electron chi connectivity index (χ2n) is 5.32. The van der Waals surface area contributed by atoms with Crippen molar-refractivity contribution >= 4 is 45.0 Å². The van der Waals surface area contributed by atoms with Gasteiger partial charge in [-0.3, -0.25) is 14.4 Å². The Morgan fingerprint density at radius 2 is 1.44 bits per heavy atom. The van der Waals surface area contributed by atoms with Gasteiger partial charge in [-0.1, -0.05) is 15.9 Å². The van der Waals surface area contributed by atoms with Crippen LogP contribution in [0, 0.1) is 0 Å². The summed E-state index contributed by atoms with van der Waals surface area (Å²) < 4.78 is 0.896. The number of rotatable bonds is 6. The minimum Gasteiger partial charge on any atom is -0.352 e. The van der Waals surface area contributed by atoms with Gasteiger partial charge in [-0.25, -0.2) is 0 Å². The SMILES string of the molecule is CC(=O)Nc1ccc(NC(=O)CCNC(=O)c2ccc(Br)cc2)cc1. The zero-order valence-corrected chi connectivity index (χ0v) is 15.2. The normalized spacial score (nSPS) is 10.0. The summed E-state index contributed by atoms with van der Waals surface area (Å²) in [4.78, 5) is 34.8. The molecule has 6 nitrogen and oxygen atoms in total. The highest BCUT2D eigenvalue weighted by molar-refractivity contribution is 9.10. The maximum Gasteiger partial charge on any atom is 0.251 e. The highest BCUT2D eigenvalue weighted by atomic mass is 79.9. The van der Waals surface area contributed by atoms with Gasteiger partial charge in [0.2, 0.25) is 11.8 Å². The van der Waals surface area contributed by atoms with E-state index in [0.717, 1.165) is 4.47 Å². The van der Waals surface area contributed by atoms with Crippen molar-refractivity contribution in [3.8, 4) is 0 Å². The summed E-state index contributed by atoms with van der Waals surface area (Å²) in [7, 11) is 0. The molecule has 0 heterocycles. The third-order valence-corrected chi connectivity index (χ3v) is 3.76. The first-order chi connectivity index (χ1) is 11.9. The molecule has 0 aromatic heterocycles. The summed E-state index contributed by atoms with van der Waals surface area (Å²) in [6.07, 6.45) is 0.162. The molecule has 25 heavy (non-hydrogen) atoms. The molecule has 0 aliphatic heterocycles. The van der Waals surface area contributed by atoms with E-state index in [9.17, 15) is 14.4 Å². The maximum absolute atomic E-state index is 11.9. The van der Waals surface area contributed by atoms with Crippen LogP contribution >= 0.6 is 15.9 Å². The van der Waals surface area contributed by atoms with Gasteiger partial charge in [-0.2, -0.15) is 0 Å². The molecule has 7 heteroatoms. The van der Waals surface area contributed by atoms with Gasteiger partial charge in [0.05, 0.1) is 0 Å². The molecule has 0 bridgehead atoms. The lowest BCUT2D eigenvalue weighted by Gasteiger charge is -2.08. The third kappa shape index (κ3) is 6.39. The fourth-order valence-electron chi connectivity index (χ4n) is 2.06. The number of anilines is 2. The van der Waals surface area contributed by atoms with Gasteiger partial charge in [-0.05, 0) is 48.5 Å². The molecule has 0 unspecified atom stereocenters. The van der Waals surface area contributed by atoms with Crippen LogP contribution in [-0.4, -0.2) is 24.3 Å². The van der Waals surface area contributed by atoms with E-state index in [1.807, 2.05) is 0 Å². The van der Waals surface area contributed by atoms with E-state index in [1.54, 1.807) is 48.5 Å². The van der Waals surface area contributed by atoms with Gasteiger partial charge in [0, 0.05) is 41.3 Å². The number of amides is 3. The molecule has 0 aliphatic carbocycles. The molecule has 2 aromatic carbocycles. The molecule has 3 N–H and O–H groups in total. The molecular formula is C18H18BrN3O3. The molecule has 0 atom stereocenters. The first-order valence-corrected chi connectivity index (χ1v) is 8.44. The quantitative estimate of drug-likeness (QED) is 0.691. The molecule has 0 aliphatic rings. The second-order valence-corrected chi connectivity index (χ2v) is 6.24. The van der Waals surface area contributed by atoms with Crippen molar-refractivity contribution in [2.45, 2.75) is 13.3 Å². The standard InChI is InChI=1S/C18H18BrN3O3/c1-12(23)21-15-6-8-16(9-7-15)22-17(24)10-11-20-18(25)13-2-4-14(19)5-3-13/h2-9H,10-11H2,1H3,(H,20,25)(H,21,23)(H,22,24). The van der Waals surface area contributed by atoms with Crippen molar-refractivity contribution in [2.24, 2.45) is 0 Å². The van der Waals surface area contributed by atoms with E-state index < -0.39 is 0 Å². The minimum atomic E-state index is -0.222. The smallest absolute Gasteiger partial charge is 0.251 e. The number of hydrogen-bond acceptors (Lipinski definition) is 3. The zero-order valence-electron chi connectivity index (χ0n) is 13.6. The predicted molar refractivity (Wildman–Crippen MR) is 100 cm³/mol. The molecule has 0 fully saturated rings. The Hall–Kier alpha value is -2.67. The number of carbonyl (C=O) groups is 3. The van der Waals surface area contributed by atoms with Crippen LogP contribution in [0.4, 0.5) is 11.4 Å². The van der Waals surface area contributed by atoms with Crippen molar-refractivity contribution in [1.82, 2.24) is 5.32 Å². The third-order valence-electron chi connectivity index (χ3n) is 3.23. The highest BCUT2D eigenvalue weighted by Crippen LogP contribution is 2.13. The van der Waals surface area contributed by atoms with Crippen LogP contribution in [0.15, 0.2) is 53.0 Å².